The molecule has 2 heterocycles. The van der Waals surface area contributed by atoms with Gasteiger partial charge in [-0.05, 0) is 23.9 Å². The summed E-state index contributed by atoms with van der Waals surface area (Å²) in [5.41, 5.74) is 1.28. The van der Waals surface area contributed by atoms with Gasteiger partial charge in [0.2, 0.25) is 5.91 Å². The van der Waals surface area contributed by atoms with E-state index in [-0.39, 0.29) is 5.91 Å². The SMILES string of the molecule is Cc1ccsc1CN(C)C(=O)CN1CCNCC1. The molecule has 0 atom stereocenters. The molecule has 1 aromatic heterocycles. The molecule has 0 radical (unpaired) electrons. The maximum absolute atomic E-state index is 12.1. The van der Waals surface area contributed by atoms with Crippen LogP contribution in [0.3, 0.4) is 0 Å². The zero-order valence-corrected chi connectivity index (χ0v) is 11.9. The van der Waals surface area contributed by atoms with Crippen LogP contribution in [0, 0.1) is 6.92 Å². The highest BCUT2D eigenvalue weighted by molar-refractivity contribution is 7.10. The summed E-state index contributed by atoms with van der Waals surface area (Å²) < 4.78 is 0. The average Bonchev–Trinajstić information content (AvgIpc) is 2.76. The maximum Gasteiger partial charge on any atom is 0.236 e. The summed E-state index contributed by atoms with van der Waals surface area (Å²) in [7, 11) is 1.89. The van der Waals surface area contributed by atoms with Gasteiger partial charge in [0, 0.05) is 38.1 Å². The second-order valence-electron chi connectivity index (χ2n) is 4.80. The van der Waals surface area contributed by atoms with Crippen molar-refractivity contribution in [3.05, 3.63) is 21.9 Å². The fourth-order valence-corrected chi connectivity index (χ4v) is 3.01. The topological polar surface area (TPSA) is 35.6 Å². The summed E-state index contributed by atoms with van der Waals surface area (Å²) in [6, 6.07) is 2.11. The molecule has 1 amide bonds. The van der Waals surface area contributed by atoms with Crippen molar-refractivity contribution in [2.75, 3.05) is 39.8 Å². The molecule has 0 aromatic carbocycles. The van der Waals surface area contributed by atoms with Crippen LogP contribution >= 0.6 is 11.3 Å². The fourth-order valence-electron chi connectivity index (χ4n) is 2.05. The smallest absolute Gasteiger partial charge is 0.236 e. The molecule has 1 N–H and O–H groups in total. The first-order valence-corrected chi connectivity index (χ1v) is 7.25. The molecule has 1 fully saturated rings. The normalized spacial score (nSPS) is 16.8. The second kappa shape index (κ2) is 6.31. The lowest BCUT2D eigenvalue weighted by Gasteiger charge is -2.28. The number of hydrogen-bond donors (Lipinski definition) is 1. The first kappa shape index (κ1) is 13.5. The van der Waals surface area contributed by atoms with Gasteiger partial charge in [0.1, 0.15) is 0 Å². The van der Waals surface area contributed by atoms with Crippen LogP contribution in [-0.4, -0.2) is 55.5 Å². The minimum Gasteiger partial charge on any atom is -0.339 e. The number of thiophene rings is 1. The van der Waals surface area contributed by atoms with Crippen molar-refractivity contribution in [2.24, 2.45) is 0 Å². The summed E-state index contributed by atoms with van der Waals surface area (Å²) >= 11 is 1.72. The van der Waals surface area contributed by atoms with E-state index in [0.29, 0.717) is 6.54 Å². The van der Waals surface area contributed by atoms with Crippen LogP contribution in [0.4, 0.5) is 0 Å². The van der Waals surface area contributed by atoms with Gasteiger partial charge >= 0.3 is 0 Å². The van der Waals surface area contributed by atoms with Crippen LogP contribution in [-0.2, 0) is 11.3 Å². The van der Waals surface area contributed by atoms with Gasteiger partial charge in [-0.1, -0.05) is 0 Å². The predicted octanol–water partition coefficient (Wildman–Crippen LogP) is 0.920. The molecule has 1 aromatic rings. The van der Waals surface area contributed by atoms with Crippen molar-refractivity contribution in [2.45, 2.75) is 13.5 Å². The summed E-state index contributed by atoms with van der Waals surface area (Å²) in [4.78, 5) is 17.5. The number of rotatable bonds is 4. The third kappa shape index (κ3) is 3.54. The molecular formula is C13H21N3OS. The van der Waals surface area contributed by atoms with Gasteiger partial charge < -0.3 is 10.2 Å². The third-order valence-corrected chi connectivity index (χ3v) is 4.35. The first-order chi connectivity index (χ1) is 8.66. The lowest BCUT2D eigenvalue weighted by molar-refractivity contribution is -0.131. The largest absolute Gasteiger partial charge is 0.339 e. The Kier molecular flexibility index (Phi) is 4.74. The number of aryl methyl sites for hydroxylation is 1. The molecule has 0 spiro atoms. The molecule has 1 saturated heterocycles. The first-order valence-electron chi connectivity index (χ1n) is 6.37. The monoisotopic (exact) mass is 267 g/mol. The zero-order valence-electron chi connectivity index (χ0n) is 11.1. The second-order valence-corrected chi connectivity index (χ2v) is 5.80. The molecule has 0 bridgehead atoms. The van der Waals surface area contributed by atoms with Crippen molar-refractivity contribution < 1.29 is 4.79 Å². The number of amides is 1. The molecule has 0 aliphatic carbocycles. The van der Waals surface area contributed by atoms with E-state index in [1.54, 1.807) is 11.3 Å². The summed E-state index contributed by atoms with van der Waals surface area (Å²) in [5, 5.41) is 5.38. The number of carbonyl (C=O) groups is 1. The molecule has 0 unspecified atom stereocenters. The van der Waals surface area contributed by atoms with Gasteiger partial charge in [-0.15, -0.1) is 11.3 Å². The molecule has 2 rings (SSSR count). The highest BCUT2D eigenvalue weighted by Gasteiger charge is 2.17. The molecule has 1 aliphatic rings. The summed E-state index contributed by atoms with van der Waals surface area (Å²) in [6.45, 7) is 7.29. The predicted molar refractivity (Wildman–Crippen MR) is 74.8 cm³/mol. The minimum atomic E-state index is 0.213. The number of nitrogens with one attached hydrogen (secondary N) is 1. The van der Waals surface area contributed by atoms with Gasteiger partial charge in [-0.2, -0.15) is 0 Å². The number of likely N-dealkylation sites (N-methyl/N-ethyl adjacent to an activating group) is 1. The van der Waals surface area contributed by atoms with Crippen molar-refractivity contribution in [3.8, 4) is 0 Å². The van der Waals surface area contributed by atoms with Gasteiger partial charge in [0.15, 0.2) is 0 Å². The van der Waals surface area contributed by atoms with E-state index in [0.717, 1.165) is 32.7 Å². The Morgan fingerprint density at radius 2 is 2.22 bits per heavy atom. The van der Waals surface area contributed by atoms with E-state index >= 15 is 0 Å². The van der Waals surface area contributed by atoms with Crippen LogP contribution < -0.4 is 5.32 Å². The van der Waals surface area contributed by atoms with Gasteiger partial charge in [-0.3, -0.25) is 9.69 Å². The molecule has 100 valence electrons. The van der Waals surface area contributed by atoms with E-state index in [1.807, 2.05) is 11.9 Å². The summed E-state index contributed by atoms with van der Waals surface area (Å²) in [6.07, 6.45) is 0. The van der Waals surface area contributed by atoms with Crippen LogP contribution in [0.15, 0.2) is 11.4 Å². The van der Waals surface area contributed by atoms with Crippen LogP contribution in [0.2, 0.25) is 0 Å². The number of piperazine rings is 1. The average molecular weight is 267 g/mol. The zero-order chi connectivity index (χ0) is 13.0. The van der Waals surface area contributed by atoms with Crippen LogP contribution in [0.5, 0.6) is 0 Å². The van der Waals surface area contributed by atoms with E-state index in [1.165, 1.54) is 10.4 Å². The van der Waals surface area contributed by atoms with Crippen molar-refractivity contribution in [1.29, 1.82) is 0 Å². The van der Waals surface area contributed by atoms with Crippen LogP contribution in [0.25, 0.3) is 0 Å². The van der Waals surface area contributed by atoms with Crippen LogP contribution in [0.1, 0.15) is 10.4 Å². The van der Waals surface area contributed by atoms with Gasteiger partial charge in [0.25, 0.3) is 0 Å². The highest BCUT2D eigenvalue weighted by Crippen LogP contribution is 2.17. The fraction of sp³-hybridized carbons (Fsp3) is 0.615. The number of carbonyl (C=O) groups excluding carboxylic acids is 1. The molecule has 5 heteroatoms. The maximum atomic E-state index is 12.1. The lowest BCUT2D eigenvalue weighted by Crippen LogP contribution is -2.47. The van der Waals surface area contributed by atoms with E-state index in [4.69, 9.17) is 0 Å². The molecule has 4 nitrogen and oxygen atoms in total. The molecule has 18 heavy (non-hydrogen) atoms. The Balaban J connectivity index is 1.83. The Hall–Kier alpha value is -0.910. The number of nitrogens with zero attached hydrogens (tertiary/aromatic N) is 2. The van der Waals surface area contributed by atoms with Crippen molar-refractivity contribution in [1.82, 2.24) is 15.1 Å². The molecule has 1 aliphatic heterocycles. The summed E-state index contributed by atoms with van der Waals surface area (Å²) in [5.74, 6) is 0.213. The Morgan fingerprint density at radius 1 is 1.50 bits per heavy atom. The number of hydrogen-bond acceptors (Lipinski definition) is 4. The Bertz CT molecular complexity index is 399. The standard InChI is InChI=1S/C13H21N3OS/c1-11-3-8-18-12(11)9-15(2)13(17)10-16-6-4-14-5-7-16/h3,8,14H,4-7,9-10H2,1-2H3. The third-order valence-electron chi connectivity index (χ3n) is 3.34. The van der Waals surface area contributed by atoms with Gasteiger partial charge in [-0.25, -0.2) is 0 Å². The van der Waals surface area contributed by atoms with E-state index < -0.39 is 0 Å². The quantitative estimate of drug-likeness (QED) is 0.881. The van der Waals surface area contributed by atoms with Crippen molar-refractivity contribution >= 4 is 17.2 Å². The Morgan fingerprint density at radius 3 is 2.83 bits per heavy atom. The molecular weight excluding hydrogens is 246 g/mol. The molecule has 0 saturated carbocycles. The van der Waals surface area contributed by atoms with E-state index in [2.05, 4.69) is 28.6 Å². The van der Waals surface area contributed by atoms with Gasteiger partial charge in [0.05, 0.1) is 13.1 Å². The van der Waals surface area contributed by atoms with Crippen molar-refractivity contribution in [3.63, 3.8) is 0 Å². The van der Waals surface area contributed by atoms with E-state index in [9.17, 15) is 4.79 Å². The highest BCUT2D eigenvalue weighted by atomic mass is 32.1. The Labute approximate surface area is 113 Å². The minimum absolute atomic E-state index is 0.213. The lowest BCUT2D eigenvalue weighted by atomic mass is 10.3.